The monoisotopic (exact) mass is 306 g/mol. The number of nitrogens with zero attached hydrogens (tertiary/aromatic N) is 3. The van der Waals surface area contributed by atoms with Crippen LogP contribution in [-0.4, -0.2) is 32.9 Å². The Morgan fingerprint density at radius 1 is 1.09 bits per heavy atom. The largest absolute Gasteiger partial charge is 0.341 e. The first-order valence-corrected chi connectivity index (χ1v) is 8.42. The molecular formula is C19H22N4. The van der Waals surface area contributed by atoms with Crippen LogP contribution in [0.15, 0.2) is 48.8 Å². The zero-order valence-electron chi connectivity index (χ0n) is 13.3. The first-order chi connectivity index (χ1) is 11.4. The van der Waals surface area contributed by atoms with Crippen LogP contribution < -0.4 is 0 Å². The van der Waals surface area contributed by atoms with Crippen LogP contribution in [0.4, 0.5) is 0 Å². The van der Waals surface area contributed by atoms with Crippen molar-refractivity contribution < 1.29 is 0 Å². The van der Waals surface area contributed by atoms with Gasteiger partial charge in [-0.15, -0.1) is 0 Å². The van der Waals surface area contributed by atoms with Gasteiger partial charge < -0.3 is 4.98 Å². The van der Waals surface area contributed by atoms with Crippen molar-refractivity contribution in [1.82, 2.24) is 19.9 Å². The SMILES string of the molecule is c1ccc(CC2CCN(Cc3nc4cnccc4[nH]3)CC2)cc1. The number of imidazole rings is 1. The molecule has 4 nitrogen and oxygen atoms in total. The minimum absolute atomic E-state index is 0.813. The summed E-state index contributed by atoms with van der Waals surface area (Å²) in [5.41, 5.74) is 3.51. The Morgan fingerprint density at radius 3 is 2.70 bits per heavy atom. The summed E-state index contributed by atoms with van der Waals surface area (Å²) in [7, 11) is 0. The maximum Gasteiger partial charge on any atom is 0.121 e. The minimum atomic E-state index is 0.813. The van der Waals surface area contributed by atoms with Crippen molar-refractivity contribution in [2.24, 2.45) is 5.92 Å². The number of H-pyrrole nitrogens is 1. The molecule has 0 saturated carbocycles. The summed E-state index contributed by atoms with van der Waals surface area (Å²) in [6.07, 6.45) is 7.39. The molecule has 0 amide bonds. The number of fused-ring (bicyclic) bond motifs is 1. The maximum absolute atomic E-state index is 4.63. The number of rotatable bonds is 4. The highest BCUT2D eigenvalue weighted by molar-refractivity contribution is 5.73. The van der Waals surface area contributed by atoms with Crippen molar-refractivity contribution in [3.05, 3.63) is 60.2 Å². The highest BCUT2D eigenvalue weighted by Gasteiger charge is 2.20. The van der Waals surface area contributed by atoms with Crippen molar-refractivity contribution in [2.75, 3.05) is 13.1 Å². The lowest BCUT2D eigenvalue weighted by molar-refractivity contribution is 0.174. The third kappa shape index (κ3) is 3.42. The normalized spacial score (nSPS) is 16.9. The molecule has 118 valence electrons. The molecule has 4 heteroatoms. The van der Waals surface area contributed by atoms with Crippen LogP contribution in [0.25, 0.3) is 11.0 Å². The van der Waals surface area contributed by atoms with Crippen LogP contribution in [0.5, 0.6) is 0 Å². The number of aromatic amines is 1. The van der Waals surface area contributed by atoms with E-state index >= 15 is 0 Å². The molecule has 0 aliphatic carbocycles. The van der Waals surface area contributed by atoms with Gasteiger partial charge in [0.1, 0.15) is 11.3 Å². The van der Waals surface area contributed by atoms with Crippen molar-refractivity contribution in [3.63, 3.8) is 0 Å². The van der Waals surface area contributed by atoms with Crippen molar-refractivity contribution >= 4 is 11.0 Å². The molecule has 2 aromatic heterocycles. The van der Waals surface area contributed by atoms with Crippen molar-refractivity contribution in [2.45, 2.75) is 25.8 Å². The number of nitrogens with one attached hydrogen (secondary N) is 1. The Kier molecular flexibility index (Phi) is 4.07. The lowest BCUT2D eigenvalue weighted by Crippen LogP contribution is -2.34. The number of piperidine rings is 1. The number of hydrogen-bond acceptors (Lipinski definition) is 3. The van der Waals surface area contributed by atoms with E-state index in [0.29, 0.717) is 0 Å². The first-order valence-electron chi connectivity index (χ1n) is 8.42. The number of hydrogen-bond donors (Lipinski definition) is 1. The Morgan fingerprint density at radius 2 is 1.91 bits per heavy atom. The van der Waals surface area contributed by atoms with Crippen LogP contribution in [0.3, 0.4) is 0 Å². The smallest absolute Gasteiger partial charge is 0.121 e. The van der Waals surface area contributed by atoms with Gasteiger partial charge in [-0.05, 0) is 49.9 Å². The molecule has 1 aliphatic rings. The molecule has 0 bridgehead atoms. The lowest BCUT2D eigenvalue weighted by Gasteiger charge is -2.31. The number of aromatic nitrogens is 3. The van der Waals surface area contributed by atoms with Crippen LogP contribution in [0, 0.1) is 5.92 Å². The summed E-state index contributed by atoms with van der Waals surface area (Å²) in [5.74, 6) is 1.86. The second-order valence-electron chi connectivity index (χ2n) is 6.49. The molecule has 1 saturated heterocycles. The Balaban J connectivity index is 1.32. The quantitative estimate of drug-likeness (QED) is 0.803. The van der Waals surface area contributed by atoms with Gasteiger partial charge in [0, 0.05) is 6.20 Å². The van der Waals surface area contributed by atoms with Crippen LogP contribution in [0.1, 0.15) is 24.2 Å². The Hall–Kier alpha value is -2.20. The summed E-state index contributed by atoms with van der Waals surface area (Å²) >= 11 is 0. The minimum Gasteiger partial charge on any atom is -0.341 e. The molecule has 0 spiro atoms. The molecule has 3 aromatic rings. The molecule has 1 aliphatic heterocycles. The Bertz CT molecular complexity index is 724. The highest BCUT2D eigenvalue weighted by Crippen LogP contribution is 2.22. The van der Waals surface area contributed by atoms with Gasteiger partial charge in [0.25, 0.3) is 0 Å². The average molecular weight is 306 g/mol. The van der Waals surface area contributed by atoms with Gasteiger partial charge in [0.05, 0.1) is 18.3 Å². The molecule has 1 aromatic carbocycles. The third-order valence-electron chi connectivity index (χ3n) is 4.78. The van der Waals surface area contributed by atoms with Crippen molar-refractivity contribution in [3.8, 4) is 0 Å². The van der Waals surface area contributed by atoms with E-state index in [4.69, 9.17) is 0 Å². The number of likely N-dealkylation sites (tertiary alicyclic amines) is 1. The summed E-state index contributed by atoms with van der Waals surface area (Å²) < 4.78 is 0. The number of benzene rings is 1. The standard InChI is InChI=1S/C19H22N4/c1-2-4-15(5-3-1)12-16-7-10-23(11-8-16)14-19-21-17-6-9-20-13-18(17)22-19/h1-6,9,13,16H,7-8,10-12,14H2,(H,21,22). The number of pyridine rings is 1. The summed E-state index contributed by atoms with van der Waals surface area (Å²) in [5, 5.41) is 0. The fourth-order valence-electron chi connectivity index (χ4n) is 3.49. The molecule has 0 radical (unpaired) electrons. The van der Waals surface area contributed by atoms with E-state index in [-0.39, 0.29) is 0 Å². The van der Waals surface area contributed by atoms with Crippen molar-refractivity contribution in [1.29, 1.82) is 0 Å². The summed E-state index contributed by atoms with van der Waals surface area (Å²) in [4.78, 5) is 14.7. The van der Waals surface area contributed by atoms with E-state index in [1.807, 2.05) is 12.3 Å². The third-order valence-corrected chi connectivity index (χ3v) is 4.78. The van der Waals surface area contributed by atoms with Crippen LogP contribution in [0.2, 0.25) is 0 Å². The van der Waals surface area contributed by atoms with Gasteiger partial charge in [0.15, 0.2) is 0 Å². The second kappa shape index (κ2) is 6.50. The fourth-order valence-corrected chi connectivity index (χ4v) is 3.49. The lowest BCUT2D eigenvalue weighted by atomic mass is 9.90. The zero-order chi connectivity index (χ0) is 15.5. The predicted octanol–water partition coefficient (Wildman–Crippen LogP) is 3.41. The topological polar surface area (TPSA) is 44.8 Å². The highest BCUT2D eigenvalue weighted by atomic mass is 15.2. The fraction of sp³-hybridized carbons (Fsp3) is 0.368. The van der Waals surface area contributed by atoms with Crippen LogP contribution in [-0.2, 0) is 13.0 Å². The summed E-state index contributed by atoms with van der Waals surface area (Å²) in [6, 6.07) is 12.8. The van der Waals surface area contributed by atoms with Gasteiger partial charge in [-0.25, -0.2) is 4.98 Å². The average Bonchev–Trinajstić information content (AvgIpc) is 3.00. The Labute approximate surface area is 136 Å². The first kappa shape index (κ1) is 14.4. The van der Waals surface area contributed by atoms with Gasteiger partial charge in [-0.3, -0.25) is 9.88 Å². The van der Waals surface area contributed by atoms with Crippen LogP contribution >= 0.6 is 0 Å². The van der Waals surface area contributed by atoms with E-state index in [2.05, 4.69) is 50.2 Å². The zero-order valence-corrected chi connectivity index (χ0v) is 13.3. The van der Waals surface area contributed by atoms with Gasteiger partial charge in [-0.2, -0.15) is 0 Å². The van der Waals surface area contributed by atoms with Gasteiger partial charge in [-0.1, -0.05) is 30.3 Å². The maximum atomic E-state index is 4.63. The van der Waals surface area contributed by atoms with E-state index in [1.165, 1.54) is 24.8 Å². The van der Waals surface area contributed by atoms with Gasteiger partial charge in [0.2, 0.25) is 0 Å². The molecular weight excluding hydrogens is 284 g/mol. The molecule has 3 heterocycles. The molecule has 0 unspecified atom stereocenters. The summed E-state index contributed by atoms with van der Waals surface area (Å²) in [6.45, 7) is 3.23. The van der Waals surface area contributed by atoms with E-state index in [0.717, 1.165) is 42.4 Å². The molecule has 0 atom stereocenters. The van der Waals surface area contributed by atoms with E-state index in [9.17, 15) is 0 Å². The van der Waals surface area contributed by atoms with E-state index in [1.54, 1.807) is 6.20 Å². The molecule has 1 N–H and O–H groups in total. The molecule has 4 rings (SSSR count). The van der Waals surface area contributed by atoms with E-state index < -0.39 is 0 Å². The molecule has 1 fully saturated rings. The predicted molar refractivity (Wildman–Crippen MR) is 92.0 cm³/mol. The second-order valence-corrected chi connectivity index (χ2v) is 6.49. The molecule has 23 heavy (non-hydrogen) atoms. The van der Waals surface area contributed by atoms with Gasteiger partial charge >= 0.3 is 0 Å².